The lowest BCUT2D eigenvalue weighted by Crippen LogP contribution is -2.51. The van der Waals surface area contributed by atoms with Gasteiger partial charge in [0.15, 0.2) is 5.69 Å². The number of fused-ring (bicyclic) bond motifs is 1. The Labute approximate surface area is 198 Å². The Bertz CT molecular complexity index is 1060. The summed E-state index contributed by atoms with van der Waals surface area (Å²) in [5.41, 5.74) is 2.18. The number of likely N-dealkylation sites (tertiary alicyclic amines) is 1. The van der Waals surface area contributed by atoms with Gasteiger partial charge in [-0.2, -0.15) is 5.10 Å². The van der Waals surface area contributed by atoms with Crippen LogP contribution < -0.4 is 4.74 Å². The Morgan fingerprint density at radius 2 is 2.09 bits per heavy atom. The summed E-state index contributed by atoms with van der Waals surface area (Å²) in [6, 6.07) is 3.55. The van der Waals surface area contributed by atoms with E-state index in [1.165, 1.54) is 0 Å². The minimum Gasteiger partial charge on any atom is -0.473 e. The molecular formula is C24H29ClN4O4. The van der Waals surface area contributed by atoms with Crippen molar-refractivity contribution in [1.29, 1.82) is 0 Å². The fourth-order valence-electron chi connectivity index (χ4n) is 5.25. The molecule has 8 nitrogen and oxygen atoms in total. The van der Waals surface area contributed by atoms with Gasteiger partial charge in [-0.3, -0.25) is 9.48 Å². The molecule has 0 bridgehead atoms. The van der Waals surface area contributed by atoms with Gasteiger partial charge in [0, 0.05) is 42.4 Å². The quantitative estimate of drug-likeness (QED) is 0.597. The van der Waals surface area contributed by atoms with Crippen LogP contribution in [0.15, 0.2) is 18.3 Å². The second kappa shape index (κ2) is 8.97. The summed E-state index contributed by atoms with van der Waals surface area (Å²) >= 11 is 6.21. The van der Waals surface area contributed by atoms with Crippen LogP contribution in [0.3, 0.4) is 0 Å². The van der Waals surface area contributed by atoms with Crippen LogP contribution in [-0.2, 0) is 28.9 Å². The number of halogens is 1. The third-order valence-electron chi connectivity index (χ3n) is 7.00. The van der Waals surface area contributed by atoms with Gasteiger partial charge < -0.3 is 14.4 Å². The maximum atomic E-state index is 13.4. The van der Waals surface area contributed by atoms with Gasteiger partial charge in [-0.15, -0.1) is 0 Å². The number of piperidine rings is 1. The van der Waals surface area contributed by atoms with E-state index in [0.29, 0.717) is 29.7 Å². The molecule has 5 rings (SSSR count). The molecule has 2 fully saturated rings. The first-order chi connectivity index (χ1) is 16.0. The van der Waals surface area contributed by atoms with Gasteiger partial charge in [-0.05, 0) is 57.6 Å². The Kier molecular flexibility index (Phi) is 6.03. The lowest BCUT2D eigenvalue weighted by atomic mass is 9.95. The van der Waals surface area contributed by atoms with Crippen molar-refractivity contribution in [3.05, 3.63) is 40.3 Å². The van der Waals surface area contributed by atoms with Crippen LogP contribution in [0.25, 0.3) is 0 Å². The highest BCUT2D eigenvalue weighted by atomic mass is 35.5. The first-order valence-electron chi connectivity index (χ1n) is 11.8. The summed E-state index contributed by atoms with van der Waals surface area (Å²) in [4.78, 5) is 32.1. The molecule has 3 heterocycles. The highest BCUT2D eigenvalue weighted by Crippen LogP contribution is 2.49. The number of aromatic nitrogens is 3. The normalized spacial score (nSPS) is 20.9. The molecule has 176 valence electrons. The molecule has 2 aromatic rings. The van der Waals surface area contributed by atoms with E-state index in [1.54, 1.807) is 29.9 Å². The summed E-state index contributed by atoms with van der Waals surface area (Å²) in [6.45, 7) is 2.88. The van der Waals surface area contributed by atoms with Gasteiger partial charge in [-0.25, -0.2) is 9.78 Å². The van der Waals surface area contributed by atoms with Crippen molar-refractivity contribution in [2.45, 2.75) is 76.5 Å². The summed E-state index contributed by atoms with van der Waals surface area (Å²) in [5.74, 6) is 0.106. The van der Waals surface area contributed by atoms with Crippen molar-refractivity contribution >= 4 is 23.5 Å². The smallest absolute Gasteiger partial charge is 0.359 e. The summed E-state index contributed by atoms with van der Waals surface area (Å²) in [5, 5.41) is 5.04. The molecule has 33 heavy (non-hydrogen) atoms. The molecule has 0 radical (unpaired) electrons. The maximum absolute atomic E-state index is 13.4. The second-order valence-electron chi connectivity index (χ2n) is 9.15. The fourth-order valence-corrected chi connectivity index (χ4v) is 5.41. The van der Waals surface area contributed by atoms with Crippen molar-refractivity contribution in [3.8, 4) is 5.88 Å². The average molecular weight is 473 g/mol. The number of rotatable bonds is 6. The fraction of sp³-hybridized carbons (Fsp3) is 0.583. The van der Waals surface area contributed by atoms with Crippen molar-refractivity contribution in [3.63, 3.8) is 0 Å². The number of carbonyl (C=O) groups excluding carboxylic acids is 2. The lowest BCUT2D eigenvalue weighted by Gasteiger charge is -2.40. The lowest BCUT2D eigenvalue weighted by molar-refractivity contribution is -0.138. The predicted octanol–water partition coefficient (Wildman–Crippen LogP) is 3.59. The van der Waals surface area contributed by atoms with Crippen LogP contribution in [0.2, 0.25) is 5.02 Å². The molecule has 9 heteroatoms. The van der Waals surface area contributed by atoms with E-state index in [4.69, 9.17) is 21.1 Å². The van der Waals surface area contributed by atoms with Gasteiger partial charge >= 0.3 is 5.97 Å². The SMILES string of the molecule is CCOC(=O)c1nn(CC(=O)N2CCC(Oc3ncccc3Cl)CC23CC3)c2c1CCCC2. The number of ether oxygens (including phenoxy) is 2. The van der Waals surface area contributed by atoms with E-state index >= 15 is 0 Å². The van der Waals surface area contributed by atoms with Crippen molar-refractivity contribution in [2.24, 2.45) is 0 Å². The molecular weight excluding hydrogens is 444 g/mol. The number of nitrogens with zero attached hydrogens (tertiary/aromatic N) is 4. The molecule has 1 aliphatic heterocycles. The molecule has 1 amide bonds. The number of amides is 1. The molecule has 2 aromatic heterocycles. The van der Waals surface area contributed by atoms with Gasteiger partial charge in [0.1, 0.15) is 17.7 Å². The standard InChI is InChI=1S/C24H29ClN4O4/c1-2-32-23(31)21-17-6-3-4-8-19(17)29(27-21)15-20(30)28-13-9-16(14-24(28)10-11-24)33-22-18(25)7-5-12-26-22/h5,7,12,16H,2-4,6,8-11,13-15H2,1H3. The Balaban J connectivity index is 1.29. The number of hydrogen-bond acceptors (Lipinski definition) is 6. The topological polar surface area (TPSA) is 86.5 Å². The third kappa shape index (κ3) is 4.33. The van der Waals surface area contributed by atoms with Gasteiger partial charge in [0.25, 0.3) is 0 Å². The van der Waals surface area contributed by atoms with E-state index in [1.807, 2.05) is 4.90 Å². The first kappa shape index (κ1) is 22.2. The molecule has 1 unspecified atom stereocenters. The number of pyridine rings is 1. The molecule has 0 aromatic carbocycles. The highest BCUT2D eigenvalue weighted by molar-refractivity contribution is 6.31. The highest BCUT2D eigenvalue weighted by Gasteiger charge is 2.54. The van der Waals surface area contributed by atoms with Crippen LogP contribution >= 0.6 is 11.6 Å². The second-order valence-corrected chi connectivity index (χ2v) is 9.56. The van der Waals surface area contributed by atoms with Crippen molar-refractivity contribution in [2.75, 3.05) is 13.2 Å². The molecule has 1 saturated heterocycles. The number of esters is 1. The van der Waals surface area contributed by atoms with Gasteiger partial charge in [-0.1, -0.05) is 11.6 Å². The molecule has 1 atom stereocenters. The minimum atomic E-state index is -0.397. The molecule has 1 spiro atoms. The Morgan fingerprint density at radius 1 is 1.27 bits per heavy atom. The zero-order chi connectivity index (χ0) is 23.0. The van der Waals surface area contributed by atoms with Gasteiger partial charge in [0.2, 0.25) is 11.8 Å². The summed E-state index contributed by atoms with van der Waals surface area (Å²) < 4.78 is 13.0. The Hall–Kier alpha value is -2.61. The molecule has 2 aliphatic carbocycles. The minimum absolute atomic E-state index is 0.0168. The van der Waals surface area contributed by atoms with Crippen LogP contribution in [0, 0.1) is 0 Å². The van der Waals surface area contributed by atoms with E-state index in [-0.39, 0.29) is 24.1 Å². The van der Waals surface area contributed by atoms with Crippen LogP contribution in [0.1, 0.15) is 67.2 Å². The zero-order valence-corrected chi connectivity index (χ0v) is 19.6. The van der Waals surface area contributed by atoms with Crippen molar-refractivity contribution < 1.29 is 19.1 Å². The van der Waals surface area contributed by atoms with E-state index < -0.39 is 5.97 Å². The maximum Gasteiger partial charge on any atom is 0.359 e. The van der Waals surface area contributed by atoms with Crippen LogP contribution in [0.5, 0.6) is 5.88 Å². The third-order valence-corrected chi connectivity index (χ3v) is 7.28. The molecule has 1 saturated carbocycles. The van der Waals surface area contributed by atoms with Crippen molar-refractivity contribution in [1.82, 2.24) is 19.7 Å². The number of carbonyl (C=O) groups is 2. The summed E-state index contributed by atoms with van der Waals surface area (Å²) in [7, 11) is 0. The zero-order valence-electron chi connectivity index (χ0n) is 18.9. The average Bonchev–Trinajstić information content (AvgIpc) is 3.47. The van der Waals surface area contributed by atoms with E-state index in [9.17, 15) is 9.59 Å². The number of hydrogen-bond donors (Lipinski definition) is 0. The predicted molar refractivity (Wildman–Crippen MR) is 121 cm³/mol. The first-order valence-corrected chi connectivity index (χ1v) is 12.2. The summed E-state index contributed by atoms with van der Waals surface area (Å²) in [6.07, 6.45) is 8.80. The molecule has 3 aliphatic rings. The monoisotopic (exact) mass is 472 g/mol. The Morgan fingerprint density at radius 3 is 2.85 bits per heavy atom. The van der Waals surface area contributed by atoms with E-state index in [0.717, 1.165) is 62.6 Å². The molecule has 0 N–H and O–H groups in total. The van der Waals surface area contributed by atoms with Crippen LogP contribution in [0.4, 0.5) is 0 Å². The van der Waals surface area contributed by atoms with E-state index in [2.05, 4.69) is 10.1 Å². The van der Waals surface area contributed by atoms with Gasteiger partial charge in [0.05, 0.1) is 6.61 Å². The van der Waals surface area contributed by atoms with Crippen LogP contribution in [-0.4, -0.2) is 56.3 Å². The largest absolute Gasteiger partial charge is 0.473 e.